The van der Waals surface area contributed by atoms with E-state index in [2.05, 4.69) is 25.9 Å². The van der Waals surface area contributed by atoms with Crippen LogP contribution in [0.25, 0.3) is 10.4 Å². The number of carbonyl (C=O) groups is 3. The third-order valence-corrected chi connectivity index (χ3v) is 6.44. The van der Waals surface area contributed by atoms with Crippen molar-refractivity contribution in [1.29, 1.82) is 0 Å². The molecule has 1 aliphatic rings. The minimum Gasteiger partial charge on any atom is -0.465 e. The van der Waals surface area contributed by atoms with Gasteiger partial charge >= 0.3 is 12.1 Å². The van der Waals surface area contributed by atoms with Gasteiger partial charge in [-0.15, -0.1) is 11.3 Å². The third-order valence-electron chi connectivity index (χ3n) is 5.34. The van der Waals surface area contributed by atoms with Crippen molar-refractivity contribution in [2.24, 2.45) is 0 Å². The number of carbonyl (C=O) groups excluding carboxylic acids is 2. The van der Waals surface area contributed by atoms with Gasteiger partial charge in [-0.3, -0.25) is 20.4 Å². The maximum absolute atomic E-state index is 13.2. The summed E-state index contributed by atoms with van der Waals surface area (Å²) in [7, 11) is 0. The molecule has 0 aliphatic carbocycles. The van der Waals surface area contributed by atoms with Gasteiger partial charge in [0.25, 0.3) is 5.91 Å². The lowest BCUT2D eigenvalue weighted by Gasteiger charge is -2.22. The fraction of sp³-hybridized carbons (Fsp3) is 0.261. The first-order valence-electron chi connectivity index (χ1n) is 10.8. The number of anilines is 2. The second kappa shape index (κ2) is 10.8. The number of amides is 4. The van der Waals surface area contributed by atoms with Crippen molar-refractivity contribution in [2.45, 2.75) is 25.3 Å². The Morgan fingerprint density at radius 3 is 2.65 bits per heavy atom. The van der Waals surface area contributed by atoms with Crippen molar-refractivity contribution in [3.05, 3.63) is 60.6 Å². The number of nitrogens with one attached hydrogen (secondary N) is 3. The van der Waals surface area contributed by atoms with E-state index < -0.39 is 12.1 Å². The standard InChI is InChI=1S/C23H24N6O4S/c30-20(26-16-8-4-5-11-29(14-16)23(32)33)17-12-18(15-6-2-1-3-7-15)34-21(17)28-22(31)27-19-13-24-9-10-25-19/h1-3,6-7,9-10,12-13,16H,4-5,8,11,14H2,(H,26,30)(H,32,33)(H2,25,27,28,31)/t16-/m0/s1. The van der Waals surface area contributed by atoms with Gasteiger partial charge in [0.2, 0.25) is 0 Å². The van der Waals surface area contributed by atoms with Crippen LogP contribution >= 0.6 is 11.3 Å². The van der Waals surface area contributed by atoms with Gasteiger partial charge in [-0.2, -0.15) is 0 Å². The Morgan fingerprint density at radius 1 is 1.09 bits per heavy atom. The molecule has 2 aromatic heterocycles. The van der Waals surface area contributed by atoms with Crippen LogP contribution in [0.3, 0.4) is 0 Å². The number of carboxylic acid groups (broad SMARTS) is 1. The molecule has 11 heteroatoms. The van der Waals surface area contributed by atoms with Crippen molar-refractivity contribution in [3.8, 4) is 10.4 Å². The Balaban J connectivity index is 1.55. The van der Waals surface area contributed by atoms with Gasteiger partial charge in [0.1, 0.15) is 5.00 Å². The predicted molar refractivity (Wildman–Crippen MR) is 129 cm³/mol. The number of aromatic nitrogens is 2. The molecule has 4 N–H and O–H groups in total. The lowest BCUT2D eigenvalue weighted by atomic mass is 10.1. The molecule has 4 rings (SSSR count). The Labute approximate surface area is 200 Å². The van der Waals surface area contributed by atoms with Crippen LogP contribution in [0, 0.1) is 0 Å². The van der Waals surface area contributed by atoms with Crippen molar-refractivity contribution >= 4 is 40.2 Å². The van der Waals surface area contributed by atoms with Crippen LogP contribution in [0.1, 0.15) is 29.6 Å². The summed E-state index contributed by atoms with van der Waals surface area (Å²) in [4.78, 5) is 47.3. The van der Waals surface area contributed by atoms with Gasteiger partial charge in [0.05, 0.1) is 11.8 Å². The minimum absolute atomic E-state index is 0.229. The minimum atomic E-state index is -0.994. The molecule has 10 nitrogen and oxygen atoms in total. The Morgan fingerprint density at radius 2 is 1.91 bits per heavy atom. The first-order chi connectivity index (χ1) is 16.5. The molecule has 3 aromatic rings. The lowest BCUT2D eigenvalue weighted by Crippen LogP contribution is -2.44. The van der Waals surface area contributed by atoms with Crippen LogP contribution in [-0.2, 0) is 0 Å². The summed E-state index contributed by atoms with van der Waals surface area (Å²) in [6.45, 7) is 0.681. The van der Waals surface area contributed by atoms with Crippen molar-refractivity contribution in [3.63, 3.8) is 0 Å². The maximum atomic E-state index is 13.2. The van der Waals surface area contributed by atoms with Crippen LogP contribution in [0.4, 0.5) is 20.4 Å². The second-order valence-corrected chi connectivity index (χ2v) is 8.84. The van der Waals surface area contributed by atoms with E-state index in [1.54, 1.807) is 6.07 Å². The van der Waals surface area contributed by atoms with Crippen molar-refractivity contribution in [1.82, 2.24) is 20.2 Å². The number of thiophene rings is 1. The van der Waals surface area contributed by atoms with E-state index >= 15 is 0 Å². The van der Waals surface area contributed by atoms with E-state index in [-0.39, 0.29) is 24.3 Å². The molecule has 1 aromatic carbocycles. The van der Waals surface area contributed by atoms with Crippen LogP contribution in [0.15, 0.2) is 55.0 Å². The molecular formula is C23H24N6O4S. The molecule has 1 atom stereocenters. The molecular weight excluding hydrogens is 456 g/mol. The van der Waals surface area contributed by atoms with Gasteiger partial charge in [0, 0.05) is 36.4 Å². The number of nitrogens with zero attached hydrogens (tertiary/aromatic N) is 3. The van der Waals surface area contributed by atoms with Crippen LogP contribution in [-0.4, -0.2) is 57.1 Å². The number of urea groups is 1. The van der Waals surface area contributed by atoms with Gasteiger partial charge in [-0.1, -0.05) is 30.3 Å². The van der Waals surface area contributed by atoms with Gasteiger partial charge in [-0.05, 0) is 30.9 Å². The molecule has 1 fully saturated rings. The molecule has 34 heavy (non-hydrogen) atoms. The topological polar surface area (TPSA) is 137 Å². The van der Waals surface area contributed by atoms with Crippen LogP contribution in [0.5, 0.6) is 0 Å². The van der Waals surface area contributed by atoms with Crippen molar-refractivity contribution in [2.75, 3.05) is 23.7 Å². The van der Waals surface area contributed by atoms with E-state index in [0.29, 0.717) is 23.5 Å². The normalized spacial score (nSPS) is 15.8. The quantitative estimate of drug-likeness (QED) is 0.434. The van der Waals surface area contributed by atoms with Crippen LogP contribution in [0.2, 0.25) is 0 Å². The highest BCUT2D eigenvalue weighted by atomic mass is 32.1. The van der Waals surface area contributed by atoms with E-state index in [4.69, 9.17) is 0 Å². The van der Waals surface area contributed by atoms with Crippen LogP contribution < -0.4 is 16.0 Å². The molecule has 3 heterocycles. The lowest BCUT2D eigenvalue weighted by molar-refractivity contribution is 0.0921. The molecule has 0 radical (unpaired) electrons. The number of hydrogen-bond donors (Lipinski definition) is 4. The van der Waals surface area contributed by atoms with E-state index in [1.165, 1.54) is 34.8 Å². The molecule has 0 bridgehead atoms. The van der Waals surface area contributed by atoms with Gasteiger partial charge < -0.3 is 15.3 Å². The summed E-state index contributed by atoms with van der Waals surface area (Å²) in [6, 6.07) is 10.4. The number of rotatable bonds is 5. The third kappa shape index (κ3) is 5.87. The zero-order chi connectivity index (χ0) is 23.9. The highest BCUT2D eigenvalue weighted by Gasteiger charge is 2.25. The maximum Gasteiger partial charge on any atom is 0.407 e. The molecule has 0 unspecified atom stereocenters. The Bertz CT molecular complexity index is 1150. The molecule has 1 saturated heterocycles. The largest absolute Gasteiger partial charge is 0.465 e. The van der Waals surface area contributed by atoms with Crippen molar-refractivity contribution < 1.29 is 19.5 Å². The summed E-state index contributed by atoms with van der Waals surface area (Å²) in [5, 5.41) is 18.0. The summed E-state index contributed by atoms with van der Waals surface area (Å²) >= 11 is 1.28. The summed E-state index contributed by atoms with van der Waals surface area (Å²) in [5.41, 5.74) is 1.22. The average Bonchev–Trinajstić information content (AvgIpc) is 3.10. The highest BCUT2D eigenvalue weighted by Crippen LogP contribution is 2.35. The number of benzene rings is 1. The molecule has 4 amide bonds. The predicted octanol–water partition coefficient (Wildman–Crippen LogP) is 4.11. The smallest absolute Gasteiger partial charge is 0.407 e. The second-order valence-electron chi connectivity index (χ2n) is 7.78. The van der Waals surface area contributed by atoms with Gasteiger partial charge in [0.15, 0.2) is 5.82 Å². The molecule has 0 spiro atoms. The fourth-order valence-corrected chi connectivity index (χ4v) is 4.76. The molecule has 176 valence electrons. The first-order valence-corrected chi connectivity index (χ1v) is 11.6. The molecule has 1 aliphatic heterocycles. The van der Waals surface area contributed by atoms with Gasteiger partial charge in [-0.25, -0.2) is 14.6 Å². The average molecular weight is 481 g/mol. The summed E-state index contributed by atoms with van der Waals surface area (Å²) in [5.74, 6) is -0.0940. The van der Waals surface area contributed by atoms with E-state index in [0.717, 1.165) is 23.3 Å². The molecule has 0 saturated carbocycles. The zero-order valence-corrected chi connectivity index (χ0v) is 19.0. The Hall–Kier alpha value is -3.99. The zero-order valence-electron chi connectivity index (χ0n) is 18.2. The summed E-state index contributed by atoms with van der Waals surface area (Å²) < 4.78 is 0. The van der Waals surface area contributed by atoms with E-state index in [1.807, 2.05) is 30.3 Å². The Kier molecular flexibility index (Phi) is 7.33. The monoisotopic (exact) mass is 480 g/mol. The SMILES string of the molecule is O=C(Nc1cnccn1)Nc1sc(-c2ccccc2)cc1C(=O)N[C@H]1CCCCN(C(=O)O)C1. The fourth-order valence-electron chi connectivity index (χ4n) is 3.71. The van der Waals surface area contributed by atoms with E-state index in [9.17, 15) is 19.5 Å². The number of likely N-dealkylation sites (tertiary alicyclic amines) is 1. The number of hydrogen-bond acceptors (Lipinski definition) is 6. The highest BCUT2D eigenvalue weighted by molar-refractivity contribution is 7.20. The summed E-state index contributed by atoms with van der Waals surface area (Å²) in [6.07, 6.45) is 5.63. The first kappa shape index (κ1) is 23.2.